The second-order valence-corrected chi connectivity index (χ2v) is 8.05. The number of nitrogens with zero attached hydrogens (tertiary/aromatic N) is 2. The maximum Gasteiger partial charge on any atom is 0.191 e. The number of hydrogen-bond acceptors (Lipinski definition) is 3. The van der Waals surface area contributed by atoms with Crippen molar-refractivity contribution in [2.45, 2.75) is 49.7 Å². The number of morpholine rings is 1. The molecule has 2 atom stereocenters. The van der Waals surface area contributed by atoms with Gasteiger partial charge in [0.05, 0.1) is 12.7 Å². The van der Waals surface area contributed by atoms with E-state index in [-0.39, 0.29) is 35.5 Å². The van der Waals surface area contributed by atoms with Crippen LogP contribution in [-0.2, 0) is 10.2 Å². The molecule has 1 aromatic carbocycles. The standard InChI is InChI=1S/C21H32N4O.HI/c1-22-20(23-13-19-14-25-12-5-9-18(25)15-26-19)24-16-21(10-6-11-21)17-7-3-2-4-8-17;/h2-4,7-8,18-19H,5-6,9-16H2,1H3,(H2,22,23,24);1H. The molecule has 3 aliphatic rings. The van der Waals surface area contributed by atoms with Gasteiger partial charge in [-0.05, 0) is 37.8 Å². The van der Waals surface area contributed by atoms with Crippen LogP contribution in [0.1, 0.15) is 37.7 Å². The van der Waals surface area contributed by atoms with Crippen LogP contribution >= 0.6 is 24.0 Å². The van der Waals surface area contributed by atoms with Crippen LogP contribution in [-0.4, -0.2) is 62.8 Å². The SMILES string of the molecule is CN=C(NCC1CN2CCCC2CO1)NCC1(c2ccccc2)CCC1.I. The lowest BCUT2D eigenvalue weighted by Crippen LogP contribution is -2.53. The Kier molecular flexibility index (Phi) is 7.39. The summed E-state index contributed by atoms with van der Waals surface area (Å²) >= 11 is 0. The molecule has 2 saturated heterocycles. The highest BCUT2D eigenvalue weighted by Crippen LogP contribution is 2.43. The van der Waals surface area contributed by atoms with Crippen molar-refractivity contribution < 1.29 is 4.74 Å². The fourth-order valence-electron chi connectivity index (χ4n) is 4.66. The van der Waals surface area contributed by atoms with Crippen molar-refractivity contribution in [1.29, 1.82) is 0 Å². The maximum atomic E-state index is 6.05. The highest BCUT2D eigenvalue weighted by Gasteiger charge is 2.38. The summed E-state index contributed by atoms with van der Waals surface area (Å²) in [7, 11) is 1.85. The molecule has 6 heteroatoms. The van der Waals surface area contributed by atoms with Crippen LogP contribution < -0.4 is 10.6 Å². The average molecular weight is 484 g/mol. The normalized spacial score (nSPS) is 27.2. The van der Waals surface area contributed by atoms with Crippen LogP contribution in [0.25, 0.3) is 0 Å². The molecule has 2 heterocycles. The molecule has 0 bridgehead atoms. The van der Waals surface area contributed by atoms with Gasteiger partial charge in [0.15, 0.2) is 5.96 Å². The van der Waals surface area contributed by atoms with Crippen molar-refractivity contribution in [2.24, 2.45) is 4.99 Å². The van der Waals surface area contributed by atoms with Crippen LogP contribution in [0.15, 0.2) is 35.3 Å². The van der Waals surface area contributed by atoms with E-state index in [2.05, 4.69) is 50.9 Å². The fraction of sp³-hybridized carbons (Fsp3) is 0.667. The smallest absolute Gasteiger partial charge is 0.191 e. The van der Waals surface area contributed by atoms with E-state index >= 15 is 0 Å². The summed E-state index contributed by atoms with van der Waals surface area (Å²) in [4.78, 5) is 7.01. The largest absolute Gasteiger partial charge is 0.373 e. The highest BCUT2D eigenvalue weighted by molar-refractivity contribution is 14.0. The van der Waals surface area contributed by atoms with E-state index < -0.39 is 0 Å². The fourth-order valence-corrected chi connectivity index (χ4v) is 4.66. The van der Waals surface area contributed by atoms with Gasteiger partial charge in [0, 0.05) is 38.1 Å². The molecular formula is C21H33IN4O. The maximum absolute atomic E-state index is 6.05. The van der Waals surface area contributed by atoms with E-state index in [4.69, 9.17) is 4.74 Å². The molecule has 1 aromatic rings. The molecule has 27 heavy (non-hydrogen) atoms. The van der Waals surface area contributed by atoms with Gasteiger partial charge in [0.2, 0.25) is 0 Å². The molecular weight excluding hydrogens is 451 g/mol. The molecule has 0 amide bonds. The molecule has 0 aromatic heterocycles. The lowest BCUT2D eigenvalue weighted by molar-refractivity contribution is -0.0453. The summed E-state index contributed by atoms with van der Waals surface area (Å²) in [5.74, 6) is 0.888. The molecule has 0 radical (unpaired) electrons. The minimum Gasteiger partial charge on any atom is -0.373 e. The third kappa shape index (κ3) is 4.77. The lowest BCUT2D eigenvalue weighted by atomic mass is 9.64. The number of benzene rings is 1. The van der Waals surface area contributed by atoms with Crippen LogP contribution in [0.4, 0.5) is 0 Å². The van der Waals surface area contributed by atoms with Crippen molar-refractivity contribution in [2.75, 3.05) is 39.8 Å². The van der Waals surface area contributed by atoms with Gasteiger partial charge in [-0.15, -0.1) is 24.0 Å². The molecule has 5 nitrogen and oxygen atoms in total. The van der Waals surface area contributed by atoms with Crippen LogP contribution in [0, 0.1) is 0 Å². The minimum atomic E-state index is 0. The monoisotopic (exact) mass is 484 g/mol. The molecule has 4 rings (SSSR count). The predicted octanol–water partition coefficient (Wildman–Crippen LogP) is 2.75. The topological polar surface area (TPSA) is 48.9 Å². The molecule has 150 valence electrons. The van der Waals surface area contributed by atoms with E-state index in [1.807, 2.05) is 7.05 Å². The van der Waals surface area contributed by atoms with E-state index in [1.165, 1.54) is 44.2 Å². The number of ether oxygens (including phenoxy) is 1. The number of fused-ring (bicyclic) bond motifs is 1. The van der Waals surface area contributed by atoms with Gasteiger partial charge in [0.1, 0.15) is 0 Å². The summed E-state index contributed by atoms with van der Waals surface area (Å²) in [6.07, 6.45) is 6.70. The number of guanidine groups is 1. The van der Waals surface area contributed by atoms with Crippen LogP contribution in [0.5, 0.6) is 0 Å². The molecule has 1 saturated carbocycles. The number of nitrogens with one attached hydrogen (secondary N) is 2. The Morgan fingerprint density at radius 3 is 2.74 bits per heavy atom. The number of aliphatic imine (C=N–C) groups is 1. The first kappa shape index (κ1) is 20.9. The molecule has 0 spiro atoms. The van der Waals surface area contributed by atoms with Gasteiger partial charge in [-0.25, -0.2) is 0 Å². The first-order chi connectivity index (χ1) is 12.8. The summed E-state index contributed by atoms with van der Waals surface area (Å²) < 4.78 is 6.05. The molecule has 1 aliphatic carbocycles. The van der Waals surface area contributed by atoms with Crippen molar-refractivity contribution in [1.82, 2.24) is 15.5 Å². The third-order valence-electron chi connectivity index (χ3n) is 6.47. The number of rotatable bonds is 5. The van der Waals surface area contributed by atoms with Crippen LogP contribution in [0.2, 0.25) is 0 Å². The lowest BCUT2D eigenvalue weighted by Gasteiger charge is -2.43. The average Bonchev–Trinajstić information content (AvgIpc) is 3.12. The first-order valence-corrected chi connectivity index (χ1v) is 10.1. The van der Waals surface area contributed by atoms with Gasteiger partial charge in [-0.3, -0.25) is 9.89 Å². The zero-order valence-corrected chi connectivity index (χ0v) is 18.7. The summed E-state index contributed by atoms with van der Waals surface area (Å²) in [6, 6.07) is 11.6. The first-order valence-electron chi connectivity index (χ1n) is 10.1. The van der Waals surface area contributed by atoms with E-state index in [1.54, 1.807) is 0 Å². The van der Waals surface area contributed by atoms with E-state index in [0.717, 1.165) is 32.2 Å². The molecule has 3 fully saturated rings. The molecule has 2 unspecified atom stereocenters. The molecule has 2 N–H and O–H groups in total. The minimum absolute atomic E-state index is 0. The zero-order chi connectivity index (χ0) is 17.8. The number of halogens is 1. The van der Waals surface area contributed by atoms with Gasteiger partial charge < -0.3 is 15.4 Å². The van der Waals surface area contributed by atoms with E-state index in [9.17, 15) is 0 Å². The second-order valence-electron chi connectivity index (χ2n) is 8.05. The van der Waals surface area contributed by atoms with Crippen molar-refractivity contribution >= 4 is 29.9 Å². The number of hydrogen-bond donors (Lipinski definition) is 2. The highest BCUT2D eigenvalue weighted by atomic mass is 127. The van der Waals surface area contributed by atoms with Gasteiger partial charge in [-0.2, -0.15) is 0 Å². The Morgan fingerprint density at radius 1 is 1.22 bits per heavy atom. The van der Waals surface area contributed by atoms with Gasteiger partial charge in [-0.1, -0.05) is 36.8 Å². The quantitative estimate of drug-likeness (QED) is 0.384. The summed E-state index contributed by atoms with van der Waals surface area (Å²) in [5.41, 5.74) is 1.72. The Bertz CT molecular complexity index is 620. The Labute approximate surface area is 180 Å². The summed E-state index contributed by atoms with van der Waals surface area (Å²) in [5, 5.41) is 7.04. The Hall–Kier alpha value is -0.860. The van der Waals surface area contributed by atoms with E-state index in [0.29, 0.717) is 6.04 Å². The van der Waals surface area contributed by atoms with Crippen molar-refractivity contribution in [3.8, 4) is 0 Å². The third-order valence-corrected chi connectivity index (χ3v) is 6.47. The Balaban J connectivity index is 0.00000210. The Morgan fingerprint density at radius 2 is 2.04 bits per heavy atom. The summed E-state index contributed by atoms with van der Waals surface area (Å²) in [6.45, 7) is 4.92. The zero-order valence-electron chi connectivity index (χ0n) is 16.3. The van der Waals surface area contributed by atoms with Crippen LogP contribution in [0.3, 0.4) is 0 Å². The van der Waals surface area contributed by atoms with Gasteiger partial charge in [0.25, 0.3) is 0 Å². The predicted molar refractivity (Wildman–Crippen MR) is 121 cm³/mol. The van der Waals surface area contributed by atoms with Crippen molar-refractivity contribution in [3.63, 3.8) is 0 Å². The van der Waals surface area contributed by atoms with Crippen molar-refractivity contribution in [3.05, 3.63) is 35.9 Å². The molecule has 2 aliphatic heterocycles. The van der Waals surface area contributed by atoms with Gasteiger partial charge >= 0.3 is 0 Å². The second kappa shape index (κ2) is 9.56.